The van der Waals surface area contributed by atoms with E-state index in [0.717, 1.165) is 11.8 Å². The van der Waals surface area contributed by atoms with Crippen molar-refractivity contribution in [2.45, 2.75) is 25.8 Å². The minimum absolute atomic E-state index is 0.701. The maximum Gasteiger partial charge on any atom is 0.0480 e. The molecule has 0 radical (unpaired) electrons. The number of thiophene rings is 1. The van der Waals surface area contributed by atoms with Gasteiger partial charge in [0.2, 0.25) is 0 Å². The van der Waals surface area contributed by atoms with Crippen molar-refractivity contribution in [3.8, 4) is 0 Å². The predicted octanol–water partition coefficient (Wildman–Crippen LogP) is 3.43. The highest BCUT2D eigenvalue weighted by molar-refractivity contribution is 7.08. The number of nitrogens with one attached hydrogen (secondary N) is 1. The Morgan fingerprint density at radius 3 is 3.07 bits per heavy atom. The van der Waals surface area contributed by atoms with Crippen molar-refractivity contribution >= 4 is 17.0 Å². The first-order valence-electron chi connectivity index (χ1n) is 5.30. The molecule has 2 heteroatoms. The molecule has 3 atom stereocenters. The Labute approximate surface area is 88.8 Å². The molecular formula is C12H15NS. The van der Waals surface area contributed by atoms with Crippen LogP contribution in [0, 0.1) is 18.8 Å². The van der Waals surface area contributed by atoms with E-state index in [1.807, 2.05) is 0 Å². The van der Waals surface area contributed by atoms with Crippen molar-refractivity contribution < 1.29 is 0 Å². The van der Waals surface area contributed by atoms with E-state index in [1.165, 1.54) is 24.1 Å². The van der Waals surface area contributed by atoms with Crippen molar-refractivity contribution in [3.05, 3.63) is 28.5 Å². The van der Waals surface area contributed by atoms with Gasteiger partial charge < -0.3 is 5.32 Å². The fourth-order valence-corrected chi connectivity index (χ4v) is 3.38. The van der Waals surface area contributed by atoms with E-state index in [4.69, 9.17) is 0 Å². The number of rotatable bonds is 2. The molecule has 1 fully saturated rings. The largest absolute Gasteiger partial charge is 0.381 e. The highest BCUT2D eigenvalue weighted by atomic mass is 32.1. The van der Waals surface area contributed by atoms with Crippen LogP contribution in [0.4, 0.5) is 5.69 Å². The first-order chi connectivity index (χ1) is 6.84. The summed E-state index contributed by atoms with van der Waals surface area (Å²) in [5.41, 5.74) is 2.74. The quantitative estimate of drug-likeness (QED) is 0.729. The molecule has 0 bridgehead atoms. The van der Waals surface area contributed by atoms with Gasteiger partial charge in [-0.05, 0) is 36.6 Å². The van der Waals surface area contributed by atoms with Crippen LogP contribution >= 0.6 is 11.3 Å². The lowest BCUT2D eigenvalue weighted by Gasteiger charge is -2.41. The molecule has 2 aliphatic carbocycles. The van der Waals surface area contributed by atoms with Gasteiger partial charge in [-0.25, -0.2) is 0 Å². The van der Waals surface area contributed by atoms with Gasteiger partial charge in [0, 0.05) is 23.0 Å². The van der Waals surface area contributed by atoms with Gasteiger partial charge in [-0.3, -0.25) is 0 Å². The molecule has 1 nitrogen and oxygen atoms in total. The Morgan fingerprint density at radius 2 is 2.36 bits per heavy atom. The number of hydrogen-bond acceptors (Lipinski definition) is 2. The number of hydrogen-bond donors (Lipinski definition) is 1. The molecule has 3 rings (SSSR count). The van der Waals surface area contributed by atoms with Crippen LogP contribution < -0.4 is 5.32 Å². The Morgan fingerprint density at radius 1 is 1.43 bits per heavy atom. The molecule has 1 N–H and O–H groups in total. The van der Waals surface area contributed by atoms with Gasteiger partial charge in [0.05, 0.1) is 0 Å². The Kier molecular flexibility index (Phi) is 1.91. The van der Waals surface area contributed by atoms with Crippen molar-refractivity contribution in [2.75, 3.05) is 5.32 Å². The summed E-state index contributed by atoms with van der Waals surface area (Å²) in [6, 6.07) is 0.701. The maximum absolute atomic E-state index is 3.66. The van der Waals surface area contributed by atoms with Gasteiger partial charge in [0.25, 0.3) is 0 Å². The van der Waals surface area contributed by atoms with E-state index < -0.39 is 0 Å². The molecule has 1 saturated carbocycles. The van der Waals surface area contributed by atoms with E-state index >= 15 is 0 Å². The summed E-state index contributed by atoms with van der Waals surface area (Å²) >= 11 is 1.79. The topological polar surface area (TPSA) is 12.0 Å². The molecule has 0 amide bonds. The second-order valence-electron chi connectivity index (χ2n) is 4.46. The summed E-state index contributed by atoms with van der Waals surface area (Å²) in [4.78, 5) is 0. The SMILES string of the molecule is Cc1cscc1NC1CC2CC=CC21. The molecule has 0 saturated heterocycles. The number of anilines is 1. The number of aryl methyl sites for hydroxylation is 1. The molecule has 74 valence electrons. The van der Waals surface area contributed by atoms with Crippen LogP contribution in [0.25, 0.3) is 0 Å². The first-order valence-corrected chi connectivity index (χ1v) is 6.25. The summed E-state index contributed by atoms with van der Waals surface area (Å²) in [6.07, 6.45) is 7.41. The zero-order valence-corrected chi connectivity index (χ0v) is 9.18. The molecule has 0 spiro atoms. The highest BCUT2D eigenvalue weighted by Gasteiger charge is 2.40. The maximum atomic E-state index is 3.66. The van der Waals surface area contributed by atoms with E-state index in [1.54, 1.807) is 11.3 Å². The van der Waals surface area contributed by atoms with Crippen LogP contribution in [0.1, 0.15) is 18.4 Å². The van der Waals surface area contributed by atoms with E-state index in [-0.39, 0.29) is 0 Å². The third kappa shape index (κ3) is 1.21. The minimum atomic E-state index is 0.701. The average molecular weight is 205 g/mol. The van der Waals surface area contributed by atoms with Crippen LogP contribution in [0.5, 0.6) is 0 Å². The van der Waals surface area contributed by atoms with Crippen molar-refractivity contribution in [1.29, 1.82) is 0 Å². The number of fused-ring (bicyclic) bond motifs is 1. The monoisotopic (exact) mass is 205 g/mol. The zero-order valence-electron chi connectivity index (χ0n) is 8.36. The zero-order chi connectivity index (χ0) is 9.54. The normalized spacial score (nSPS) is 33.9. The van der Waals surface area contributed by atoms with Crippen LogP contribution in [-0.2, 0) is 0 Å². The molecule has 0 aliphatic heterocycles. The Hall–Kier alpha value is -0.760. The standard InChI is InChI=1S/C12H15NS/c1-8-6-14-7-12(8)13-11-5-9-3-2-4-10(9)11/h2,4,6-7,9-11,13H,3,5H2,1H3. The van der Waals surface area contributed by atoms with Crippen molar-refractivity contribution in [1.82, 2.24) is 0 Å². The van der Waals surface area contributed by atoms with Crippen LogP contribution in [0.2, 0.25) is 0 Å². The molecular weight excluding hydrogens is 190 g/mol. The Balaban J connectivity index is 1.69. The Bertz CT molecular complexity index is 366. The second kappa shape index (κ2) is 3.13. The van der Waals surface area contributed by atoms with E-state index in [9.17, 15) is 0 Å². The average Bonchev–Trinajstić information content (AvgIpc) is 2.69. The molecule has 14 heavy (non-hydrogen) atoms. The fourth-order valence-electron chi connectivity index (χ4n) is 2.59. The summed E-state index contributed by atoms with van der Waals surface area (Å²) in [5.74, 6) is 1.76. The molecule has 1 aromatic heterocycles. The molecule has 2 aliphatic rings. The summed E-state index contributed by atoms with van der Waals surface area (Å²) in [7, 11) is 0. The van der Waals surface area contributed by atoms with Crippen LogP contribution in [-0.4, -0.2) is 6.04 Å². The summed E-state index contributed by atoms with van der Waals surface area (Å²) < 4.78 is 0. The highest BCUT2D eigenvalue weighted by Crippen LogP contribution is 2.44. The van der Waals surface area contributed by atoms with Gasteiger partial charge in [-0.2, -0.15) is 0 Å². The second-order valence-corrected chi connectivity index (χ2v) is 5.20. The molecule has 3 unspecified atom stereocenters. The van der Waals surface area contributed by atoms with Gasteiger partial charge >= 0.3 is 0 Å². The molecule has 0 aromatic carbocycles. The van der Waals surface area contributed by atoms with Crippen molar-refractivity contribution in [2.24, 2.45) is 11.8 Å². The lowest BCUT2D eigenvalue weighted by Crippen LogP contribution is -2.43. The number of allylic oxidation sites excluding steroid dienone is 1. The predicted molar refractivity (Wildman–Crippen MR) is 61.8 cm³/mol. The smallest absolute Gasteiger partial charge is 0.0480 e. The van der Waals surface area contributed by atoms with E-state index in [2.05, 4.69) is 35.2 Å². The van der Waals surface area contributed by atoms with Crippen LogP contribution in [0.3, 0.4) is 0 Å². The third-order valence-electron chi connectivity index (χ3n) is 3.56. The fraction of sp³-hybridized carbons (Fsp3) is 0.500. The van der Waals surface area contributed by atoms with Crippen LogP contribution in [0.15, 0.2) is 22.9 Å². The van der Waals surface area contributed by atoms with Gasteiger partial charge in [0.15, 0.2) is 0 Å². The van der Waals surface area contributed by atoms with Crippen molar-refractivity contribution in [3.63, 3.8) is 0 Å². The summed E-state index contributed by atoms with van der Waals surface area (Å²) in [6.45, 7) is 2.18. The van der Waals surface area contributed by atoms with Gasteiger partial charge in [-0.1, -0.05) is 12.2 Å². The lowest BCUT2D eigenvalue weighted by atomic mass is 9.71. The first kappa shape index (κ1) is 8.54. The lowest BCUT2D eigenvalue weighted by molar-refractivity contribution is 0.218. The molecule has 1 heterocycles. The minimum Gasteiger partial charge on any atom is -0.381 e. The molecule has 1 aromatic rings. The third-order valence-corrected chi connectivity index (χ3v) is 4.42. The van der Waals surface area contributed by atoms with E-state index in [0.29, 0.717) is 6.04 Å². The van der Waals surface area contributed by atoms with Gasteiger partial charge in [-0.15, -0.1) is 11.3 Å². The van der Waals surface area contributed by atoms with Gasteiger partial charge in [0.1, 0.15) is 0 Å². The summed E-state index contributed by atoms with van der Waals surface area (Å²) in [5, 5.41) is 8.09.